The summed E-state index contributed by atoms with van der Waals surface area (Å²) in [4.78, 5) is 0. The second kappa shape index (κ2) is 13.8. The Bertz CT molecular complexity index is 1370. The molecule has 2 aliphatic carbocycles. The first-order valence-electron chi connectivity index (χ1n) is 15.7. The van der Waals surface area contributed by atoms with E-state index in [-0.39, 0.29) is 17.4 Å². The largest absolute Gasteiger partial charge is 0.573 e. The molecule has 0 aliphatic heterocycles. The number of aryl methyl sites for hydroxylation is 2. The molecule has 3 aromatic carbocycles. The Morgan fingerprint density at radius 3 is 2.09 bits per heavy atom. The average Bonchev–Trinajstić information content (AvgIpc) is 2.97. The lowest BCUT2D eigenvalue weighted by Crippen LogP contribution is -2.21. The average molecular weight is 603 g/mol. The van der Waals surface area contributed by atoms with E-state index >= 15 is 8.78 Å². The van der Waals surface area contributed by atoms with Gasteiger partial charge in [0.2, 0.25) is 0 Å². The van der Waals surface area contributed by atoms with Crippen molar-refractivity contribution in [3.8, 4) is 5.75 Å². The minimum atomic E-state index is -4.97. The van der Waals surface area contributed by atoms with Crippen LogP contribution in [0.2, 0.25) is 0 Å². The van der Waals surface area contributed by atoms with Crippen LogP contribution in [0.5, 0.6) is 5.75 Å². The van der Waals surface area contributed by atoms with Crippen LogP contribution in [0.25, 0.3) is 0 Å². The maximum atomic E-state index is 15.8. The summed E-state index contributed by atoms with van der Waals surface area (Å²) in [5.74, 6) is -2.80. The van der Waals surface area contributed by atoms with Crippen LogP contribution in [-0.4, -0.2) is 6.36 Å². The fourth-order valence-electron chi connectivity index (χ4n) is 7.08. The molecule has 7 heteroatoms. The molecule has 2 aliphatic rings. The van der Waals surface area contributed by atoms with Crippen LogP contribution in [0.3, 0.4) is 0 Å². The highest BCUT2D eigenvalue weighted by Crippen LogP contribution is 2.44. The molecule has 1 atom stereocenters. The molecule has 1 unspecified atom stereocenters. The number of unbranched alkanes of at least 4 members (excludes halogenated alkanes) is 2. The summed E-state index contributed by atoms with van der Waals surface area (Å²) < 4.78 is 86.6. The van der Waals surface area contributed by atoms with Gasteiger partial charge in [0, 0.05) is 5.56 Å². The van der Waals surface area contributed by atoms with E-state index in [2.05, 4.69) is 35.9 Å². The van der Waals surface area contributed by atoms with E-state index in [1.165, 1.54) is 36.5 Å². The van der Waals surface area contributed by atoms with Crippen LogP contribution in [0.15, 0.2) is 48.5 Å². The predicted octanol–water partition coefficient (Wildman–Crippen LogP) is 10.9. The predicted molar refractivity (Wildman–Crippen MR) is 157 cm³/mol. The van der Waals surface area contributed by atoms with E-state index in [4.69, 9.17) is 0 Å². The van der Waals surface area contributed by atoms with Crippen LogP contribution in [0, 0.1) is 23.4 Å². The second-order valence-electron chi connectivity index (χ2n) is 12.4. The minimum Gasteiger partial charge on any atom is -0.403 e. The zero-order valence-electron chi connectivity index (χ0n) is 24.7. The van der Waals surface area contributed by atoms with Crippen LogP contribution in [0.1, 0.15) is 110 Å². The van der Waals surface area contributed by atoms with Crippen LogP contribution in [0.4, 0.5) is 26.3 Å². The molecule has 232 valence electrons. The van der Waals surface area contributed by atoms with E-state index in [1.807, 2.05) is 0 Å². The Morgan fingerprint density at radius 2 is 1.44 bits per heavy atom. The summed E-state index contributed by atoms with van der Waals surface area (Å²) in [5.41, 5.74) is 4.85. The van der Waals surface area contributed by atoms with E-state index < -0.39 is 29.6 Å². The third-order valence-corrected chi connectivity index (χ3v) is 9.48. The molecule has 1 fully saturated rings. The second-order valence-corrected chi connectivity index (χ2v) is 12.4. The van der Waals surface area contributed by atoms with Crippen molar-refractivity contribution in [1.82, 2.24) is 0 Å². The first kappa shape index (κ1) is 31.5. The Labute approximate surface area is 250 Å². The van der Waals surface area contributed by atoms with Crippen molar-refractivity contribution in [3.05, 3.63) is 99.4 Å². The Kier molecular flexibility index (Phi) is 10.1. The van der Waals surface area contributed by atoms with Gasteiger partial charge in [0.15, 0.2) is 11.6 Å². The fraction of sp³-hybridized carbons (Fsp3) is 0.500. The van der Waals surface area contributed by atoms with E-state index in [0.717, 1.165) is 43.4 Å². The third kappa shape index (κ3) is 7.96. The van der Waals surface area contributed by atoms with Gasteiger partial charge in [0.1, 0.15) is 11.6 Å². The first-order valence-corrected chi connectivity index (χ1v) is 15.7. The summed E-state index contributed by atoms with van der Waals surface area (Å²) in [6.45, 7) is 2.21. The number of alkyl halides is 3. The molecule has 0 aromatic heterocycles. The standard InChI is InChI=1S/C36H40F6O/c1-2-3-4-5-23-6-8-24(9-7-23)10-11-25-12-18-30-29(20-25)22-32(38)34(35(30)39)27-15-13-26(14-16-27)28-17-19-33(31(37)21-28)43-36(40,41)42/h6-9,17,19,21-22,25-27H,2-5,10-16,18,20H2,1H3. The maximum Gasteiger partial charge on any atom is 0.573 e. The summed E-state index contributed by atoms with van der Waals surface area (Å²) in [5, 5.41) is 0. The fourth-order valence-corrected chi connectivity index (χ4v) is 7.08. The number of hydrogen-bond donors (Lipinski definition) is 0. The highest BCUT2D eigenvalue weighted by atomic mass is 19.4. The SMILES string of the molecule is CCCCCc1ccc(CCC2CCc3c(cc(F)c(C4CCC(c5ccc(OC(F)(F)F)c(F)c5)CC4)c3F)C2)cc1. The van der Waals surface area contributed by atoms with Gasteiger partial charge in [-0.05, 0) is 134 Å². The van der Waals surface area contributed by atoms with Crippen molar-refractivity contribution < 1.29 is 31.1 Å². The first-order chi connectivity index (χ1) is 20.6. The monoisotopic (exact) mass is 602 g/mol. The molecule has 0 heterocycles. The van der Waals surface area contributed by atoms with Crippen molar-refractivity contribution >= 4 is 0 Å². The lowest BCUT2D eigenvalue weighted by Gasteiger charge is -2.32. The quantitative estimate of drug-likeness (QED) is 0.166. The minimum absolute atomic E-state index is 0.0903. The van der Waals surface area contributed by atoms with Crippen molar-refractivity contribution in [2.75, 3.05) is 0 Å². The molecule has 0 N–H and O–H groups in total. The van der Waals surface area contributed by atoms with Gasteiger partial charge >= 0.3 is 6.36 Å². The molecule has 5 rings (SSSR count). The van der Waals surface area contributed by atoms with Crippen molar-refractivity contribution in [2.24, 2.45) is 5.92 Å². The molecular weight excluding hydrogens is 562 g/mol. The van der Waals surface area contributed by atoms with Crippen molar-refractivity contribution in [2.45, 2.75) is 109 Å². The number of hydrogen-bond acceptors (Lipinski definition) is 1. The zero-order valence-corrected chi connectivity index (χ0v) is 24.7. The summed E-state index contributed by atoms with van der Waals surface area (Å²) in [6, 6.07) is 13.9. The Balaban J connectivity index is 1.17. The lowest BCUT2D eigenvalue weighted by molar-refractivity contribution is -0.275. The van der Waals surface area contributed by atoms with Gasteiger partial charge in [-0.2, -0.15) is 0 Å². The van der Waals surface area contributed by atoms with E-state index in [0.29, 0.717) is 55.6 Å². The van der Waals surface area contributed by atoms with Gasteiger partial charge in [-0.1, -0.05) is 50.1 Å². The van der Waals surface area contributed by atoms with Gasteiger partial charge in [-0.3, -0.25) is 0 Å². The summed E-state index contributed by atoms with van der Waals surface area (Å²) in [7, 11) is 0. The van der Waals surface area contributed by atoms with Crippen molar-refractivity contribution in [3.63, 3.8) is 0 Å². The highest BCUT2D eigenvalue weighted by Gasteiger charge is 2.34. The van der Waals surface area contributed by atoms with Gasteiger partial charge in [0.25, 0.3) is 0 Å². The number of halogens is 6. The van der Waals surface area contributed by atoms with Crippen LogP contribution < -0.4 is 4.74 Å². The molecule has 43 heavy (non-hydrogen) atoms. The van der Waals surface area contributed by atoms with Gasteiger partial charge in [0.05, 0.1) is 0 Å². The van der Waals surface area contributed by atoms with E-state index in [1.54, 1.807) is 6.07 Å². The molecule has 0 saturated heterocycles. The van der Waals surface area contributed by atoms with Crippen LogP contribution in [-0.2, 0) is 25.7 Å². The van der Waals surface area contributed by atoms with E-state index in [9.17, 15) is 17.6 Å². The Morgan fingerprint density at radius 1 is 0.767 bits per heavy atom. The number of ether oxygens (including phenoxy) is 1. The highest BCUT2D eigenvalue weighted by molar-refractivity contribution is 5.39. The maximum absolute atomic E-state index is 15.8. The summed E-state index contributed by atoms with van der Waals surface area (Å²) in [6.07, 6.45) is 6.17. The number of benzene rings is 3. The smallest absolute Gasteiger partial charge is 0.403 e. The molecule has 0 spiro atoms. The molecule has 1 nitrogen and oxygen atoms in total. The van der Waals surface area contributed by atoms with Crippen molar-refractivity contribution in [1.29, 1.82) is 0 Å². The molecular formula is C36H40F6O. The van der Waals surface area contributed by atoms with Crippen LogP contribution >= 0.6 is 0 Å². The van der Waals surface area contributed by atoms with Gasteiger partial charge in [-0.15, -0.1) is 13.2 Å². The zero-order chi connectivity index (χ0) is 30.6. The molecule has 1 saturated carbocycles. The molecule has 0 amide bonds. The third-order valence-electron chi connectivity index (χ3n) is 9.48. The summed E-state index contributed by atoms with van der Waals surface area (Å²) >= 11 is 0. The van der Waals surface area contributed by atoms with Gasteiger partial charge < -0.3 is 4.74 Å². The molecule has 0 radical (unpaired) electrons. The Hall–Kier alpha value is -2.96. The molecule has 3 aromatic rings. The number of fused-ring (bicyclic) bond motifs is 1. The topological polar surface area (TPSA) is 9.23 Å². The normalized spacial score (nSPS) is 20.6. The van der Waals surface area contributed by atoms with Gasteiger partial charge in [-0.25, -0.2) is 13.2 Å². The number of rotatable bonds is 10. The lowest BCUT2D eigenvalue weighted by atomic mass is 9.74. The molecule has 0 bridgehead atoms.